The monoisotopic (exact) mass is 256 g/mol. The van der Waals surface area contributed by atoms with Gasteiger partial charge in [-0.1, -0.05) is 40.0 Å². The molecule has 1 atom stereocenters. The van der Waals surface area contributed by atoms with Crippen molar-refractivity contribution in [1.29, 1.82) is 0 Å². The largest absolute Gasteiger partial charge is 0.389 e. The highest BCUT2D eigenvalue weighted by Crippen LogP contribution is 2.47. The number of aliphatic hydroxyl groups is 1. The quantitative estimate of drug-likeness (QED) is 0.803. The first-order chi connectivity index (χ1) is 7.95. The minimum absolute atomic E-state index is 0.319. The predicted molar refractivity (Wildman–Crippen MR) is 76.4 cm³/mol. The Morgan fingerprint density at radius 2 is 1.76 bits per heavy atom. The molecule has 1 N–H and O–H groups in total. The lowest BCUT2D eigenvalue weighted by molar-refractivity contribution is -0.0500. The van der Waals surface area contributed by atoms with Gasteiger partial charge in [-0.05, 0) is 42.3 Å². The molecule has 2 aliphatic rings. The summed E-state index contributed by atoms with van der Waals surface area (Å²) < 4.78 is 0. The van der Waals surface area contributed by atoms with E-state index < -0.39 is 0 Å². The summed E-state index contributed by atoms with van der Waals surface area (Å²) in [7, 11) is 0. The normalized spacial score (nSPS) is 42.4. The van der Waals surface area contributed by atoms with Crippen LogP contribution in [0.4, 0.5) is 0 Å². The predicted octanol–water partition coefficient (Wildman–Crippen LogP) is 4.10. The third kappa shape index (κ3) is 3.20. The molecule has 2 heteroatoms. The van der Waals surface area contributed by atoms with Gasteiger partial charge in [0.1, 0.15) is 0 Å². The van der Waals surface area contributed by atoms with Crippen molar-refractivity contribution in [3.05, 3.63) is 0 Å². The molecule has 0 aromatic rings. The Morgan fingerprint density at radius 1 is 1.12 bits per heavy atom. The molecule has 0 aromatic carbocycles. The van der Waals surface area contributed by atoms with Gasteiger partial charge in [0.15, 0.2) is 0 Å². The first-order valence-electron chi connectivity index (χ1n) is 7.25. The molecule has 0 bridgehead atoms. The van der Waals surface area contributed by atoms with E-state index in [0.29, 0.717) is 11.3 Å². The highest BCUT2D eigenvalue weighted by atomic mass is 32.2. The molecule has 1 saturated heterocycles. The van der Waals surface area contributed by atoms with Gasteiger partial charge in [-0.15, -0.1) is 0 Å². The molecule has 2 rings (SSSR count). The smallest absolute Gasteiger partial charge is 0.0771 e. The van der Waals surface area contributed by atoms with Crippen molar-refractivity contribution in [2.45, 2.75) is 64.9 Å². The van der Waals surface area contributed by atoms with Gasteiger partial charge < -0.3 is 5.11 Å². The molecule has 0 radical (unpaired) electrons. The maximum Gasteiger partial charge on any atom is 0.0771 e. The topological polar surface area (TPSA) is 20.2 Å². The molecule has 100 valence electrons. The third-order valence-electron chi connectivity index (χ3n) is 4.81. The first-order valence-corrected chi connectivity index (χ1v) is 8.41. The molecule has 1 heterocycles. The van der Waals surface area contributed by atoms with Crippen LogP contribution in [0.2, 0.25) is 0 Å². The number of thioether (sulfide) groups is 1. The molecule has 1 aliphatic carbocycles. The SMILES string of the molecule is CCC1CCC(C2(O)CSCC(C)(C)C2)CC1. The van der Waals surface area contributed by atoms with Gasteiger partial charge in [0.25, 0.3) is 0 Å². The molecule has 0 amide bonds. The van der Waals surface area contributed by atoms with Crippen molar-refractivity contribution in [2.24, 2.45) is 17.3 Å². The fourth-order valence-corrected chi connectivity index (χ4v) is 5.25. The fourth-order valence-electron chi connectivity index (χ4n) is 3.81. The van der Waals surface area contributed by atoms with Crippen LogP contribution in [0.1, 0.15) is 59.3 Å². The van der Waals surface area contributed by atoms with Crippen LogP contribution in [-0.4, -0.2) is 22.2 Å². The molecule has 1 nitrogen and oxygen atoms in total. The van der Waals surface area contributed by atoms with Gasteiger partial charge in [0.05, 0.1) is 5.60 Å². The van der Waals surface area contributed by atoms with E-state index in [2.05, 4.69) is 20.8 Å². The van der Waals surface area contributed by atoms with Crippen molar-refractivity contribution in [3.63, 3.8) is 0 Å². The second kappa shape index (κ2) is 5.13. The van der Waals surface area contributed by atoms with Crippen LogP contribution in [0, 0.1) is 17.3 Å². The van der Waals surface area contributed by atoms with Crippen molar-refractivity contribution in [2.75, 3.05) is 11.5 Å². The number of hydrogen-bond donors (Lipinski definition) is 1. The van der Waals surface area contributed by atoms with Crippen molar-refractivity contribution < 1.29 is 5.11 Å². The van der Waals surface area contributed by atoms with Crippen molar-refractivity contribution in [1.82, 2.24) is 0 Å². The van der Waals surface area contributed by atoms with E-state index in [1.54, 1.807) is 0 Å². The standard InChI is InChI=1S/C15H28OS/c1-4-12-5-7-13(8-6-12)15(16)9-14(2,3)10-17-11-15/h12-13,16H,4-11H2,1-3H3. The Kier molecular flexibility index (Phi) is 4.14. The highest BCUT2D eigenvalue weighted by molar-refractivity contribution is 7.99. The molecular weight excluding hydrogens is 228 g/mol. The average molecular weight is 256 g/mol. The van der Waals surface area contributed by atoms with E-state index in [-0.39, 0.29) is 5.60 Å². The summed E-state index contributed by atoms with van der Waals surface area (Å²) in [5.74, 6) is 3.67. The molecule has 2 fully saturated rings. The second-order valence-electron chi connectivity index (χ2n) is 7.06. The van der Waals surface area contributed by atoms with Gasteiger partial charge in [0, 0.05) is 5.75 Å². The summed E-state index contributed by atoms with van der Waals surface area (Å²) in [4.78, 5) is 0. The summed E-state index contributed by atoms with van der Waals surface area (Å²) in [6, 6.07) is 0. The van der Waals surface area contributed by atoms with Crippen LogP contribution in [-0.2, 0) is 0 Å². The lowest BCUT2D eigenvalue weighted by Gasteiger charge is -2.47. The molecule has 1 aliphatic heterocycles. The third-order valence-corrected chi connectivity index (χ3v) is 6.50. The van der Waals surface area contributed by atoms with Crippen LogP contribution < -0.4 is 0 Å². The Morgan fingerprint density at radius 3 is 2.29 bits per heavy atom. The zero-order valence-electron chi connectivity index (χ0n) is 11.7. The first kappa shape index (κ1) is 13.7. The summed E-state index contributed by atoms with van der Waals surface area (Å²) in [6.07, 6.45) is 7.53. The van der Waals surface area contributed by atoms with Gasteiger partial charge in [-0.2, -0.15) is 11.8 Å². The molecule has 0 spiro atoms. The molecule has 0 aromatic heterocycles. The van der Waals surface area contributed by atoms with Gasteiger partial charge in [-0.3, -0.25) is 0 Å². The van der Waals surface area contributed by atoms with E-state index in [0.717, 1.165) is 18.1 Å². The number of hydrogen-bond acceptors (Lipinski definition) is 2. The zero-order chi connectivity index (χ0) is 12.5. The summed E-state index contributed by atoms with van der Waals surface area (Å²) in [5, 5.41) is 11.0. The maximum atomic E-state index is 11.0. The van der Waals surface area contributed by atoms with E-state index in [1.165, 1.54) is 37.9 Å². The molecule has 1 unspecified atom stereocenters. The van der Waals surface area contributed by atoms with Crippen LogP contribution in [0.3, 0.4) is 0 Å². The van der Waals surface area contributed by atoms with E-state index in [4.69, 9.17) is 0 Å². The van der Waals surface area contributed by atoms with Crippen molar-refractivity contribution >= 4 is 11.8 Å². The Labute approximate surface area is 111 Å². The summed E-state index contributed by atoms with van der Waals surface area (Å²) in [6.45, 7) is 6.92. The molecule has 1 saturated carbocycles. The summed E-state index contributed by atoms with van der Waals surface area (Å²) >= 11 is 1.96. The van der Waals surface area contributed by atoms with Gasteiger partial charge >= 0.3 is 0 Å². The summed E-state index contributed by atoms with van der Waals surface area (Å²) in [5.41, 5.74) is -0.0512. The van der Waals surface area contributed by atoms with Crippen LogP contribution in [0.25, 0.3) is 0 Å². The Balaban J connectivity index is 1.97. The minimum atomic E-state index is -0.370. The Bertz CT molecular complexity index is 256. The highest BCUT2D eigenvalue weighted by Gasteiger charge is 2.45. The van der Waals surface area contributed by atoms with Crippen LogP contribution >= 0.6 is 11.8 Å². The van der Waals surface area contributed by atoms with Gasteiger partial charge in [0.2, 0.25) is 0 Å². The fraction of sp³-hybridized carbons (Fsp3) is 1.00. The maximum absolute atomic E-state index is 11.0. The Hall–Kier alpha value is 0.310. The number of rotatable bonds is 2. The average Bonchev–Trinajstić information content (AvgIpc) is 2.27. The second-order valence-corrected chi connectivity index (χ2v) is 8.05. The minimum Gasteiger partial charge on any atom is -0.389 e. The van der Waals surface area contributed by atoms with E-state index >= 15 is 0 Å². The molecule has 17 heavy (non-hydrogen) atoms. The van der Waals surface area contributed by atoms with Crippen LogP contribution in [0.15, 0.2) is 0 Å². The molecular formula is C15H28OS. The lowest BCUT2D eigenvalue weighted by Crippen LogP contribution is -2.49. The van der Waals surface area contributed by atoms with Gasteiger partial charge in [-0.25, -0.2) is 0 Å². The van der Waals surface area contributed by atoms with E-state index in [1.807, 2.05) is 11.8 Å². The zero-order valence-corrected chi connectivity index (χ0v) is 12.5. The van der Waals surface area contributed by atoms with E-state index in [9.17, 15) is 5.11 Å². The lowest BCUT2D eigenvalue weighted by atomic mass is 9.68. The van der Waals surface area contributed by atoms with Crippen molar-refractivity contribution in [3.8, 4) is 0 Å². The van der Waals surface area contributed by atoms with Crippen LogP contribution in [0.5, 0.6) is 0 Å².